The summed E-state index contributed by atoms with van der Waals surface area (Å²) < 4.78 is 6.64. The van der Waals surface area contributed by atoms with E-state index < -0.39 is 11.6 Å². The number of hydrogen-bond donors (Lipinski definition) is 2. The fraction of sp³-hybridized carbons (Fsp3) is 0.882. The summed E-state index contributed by atoms with van der Waals surface area (Å²) in [6, 6.07) is 0. The second kappa shape index (κ2) is 5.16. The smallest absolute Gasteiger partial charge is 0.211 e. The Morgan fingerprint density at radius 2 is 1.54 bits per heavy atom. The normalized spacial score (nSPS) is 49.1. The molecule has 1 aliphatic heterocycles. The van der Waals surface area contributed by atoms with Gasteiger partial charge in [-0.25, -0.2) is 0 Å². The molecule has 7 heteroatoms. The van der Waals surface area contributed by atoms with Crippen LogP contribution >= 0.6 is 0 Å². The lowest BCUT2D eigenvalue weighted by molar-refractivity contribution is -0.389. The van der Waals surface area contributed by atoms with Crippen LogP contribution in [0.3, 0.4) is 0 Å². The van der Waals surface area contributed by atoms with E-state index in [1.165, 1.54) is 32.1 Å². The zero-order chi connectivity index (χ0) is 16.4. The third kappa shape index (κ3) is 2.21. The molecule has 0 radical (unpaired) electrons. The van der Waals surface area contributed by atoms with Crippen LogP contribution in [0.1, 0.15) is 57.8 Å². The number of nitrogens with zero attached hydrogens (tertiary/aromatic N) is 2. The van der Waals surface area contributed by atoms with Crippen molar-refractivity contribution >= 4 is 11.7 Å². The van der Waals surface area contributed by atoms with E-state index in [0.29, 0.717) is 11.8 Å². The van der Waals surface area contributed by atoms with Gasteiger partial charge in [-0.2, -0.15) is 14.9 Å². The van der Waals surface area contributed by atoms with Gasteiger partial charge in [-0.05, 0) is 56.8 Å². The Morgan fingerprint density at radius 1 is 0.917 bits per heavy atom. The standard InChI is InChI=1S/C17H26N4O3/c18-15(19)21-20-14-1-3-16(4-2-14)22-17(24-23-16)12-6-10-5-11(8-12)9-13(17)7-10/h10-13H,1-9H2,(H4,18,19,21). The molecule has 1 heterocycles. The van der Waals surface area contributed by atoms with Crippen molar-refractivity contribution in [3.63, 3.8) is 0 Å². The molecule has 24 heavy (non-hydrogen) atoms. The van der Waals surface area contributed by atoms with E-state index >= 15 is 0 Å². The van der Waals surface area contributed by atoms with Gasteiger partial charge in [-0.1, -0.05) is 0 Å². The number of guanidine groups is 1. The molecule has 6 fully saturated rings. The molecule has 0 unspecified atom stereocenters. The van der Waals surface area contributed by atoms with E-state index in [1.54, 1.807) is 0 Å². The highest BCUT2D eigenvalue weighted by atomic mass is 17.3. The first kappa shape index (κ1) is 15.1. The molecule has 0 aromatic heterocycles. The molecular formula is C17H26N4O3. The fourth-order valence-electron chi connectivity index (χ4n) is 5.94. The van der Waals surface area contributed by atoms with Crippen LogP contribution in [0, 0.1) is 23.7 Å². The van der Waals surface area contributed by atoms with Gasteiger partial charge in [0, 0.05) is 30.4 Å². The summed E-state index contributed by atoms with van der Waals surface area (Å²) in [5.41, 5.74) is 11.7. The van der Waals surface area contributed by atoms with Gasteiger partial charge in [-0.15, -0.1) is 5.10 Å². The molecule has 4 bridgehead atoms. The van der Waals surface area contributed by atoms with Crippen LogP contribution in [-0.4, -0.2) is 23.2 Å². The molecule has 0 aromatic rings. The second-order valence-corrected chi connectivity index (χ2v) is 8.40. The van der Waals surface area contributed by atoms with Crippen molar-refractivity contribution in [1.82, 2.24) is 0 Å². The van der Waals surface area contributed by atoms with Crippen LogP contribution in [0.15, 0.2) is 10.2 Å². The Bertz CT molecular complexity index is 561. The molecular weight excluding hydrogens is 308 g/mol. The Labute approximate surface area is 141 Å². The van der Waals surface area contributed by atoms with Crippen molar-refractivity contribution in [2.45, 2.75) is 69.4 Å². The van der Waals surface area contributed by atoms with Crippen LogP contribution in [0.25, 0.3) is 0 Å². The quantitative estimate of drug-likeness (QED) is 0.330. The maximum Gasteiger partial charge on any atom is 0.211 e. The number of hydrogen-bond acceptors (Lipinski definition) is 5. The second-order valence-electron chi connectivity index (χ2n) is 8.40. The lowest BCUT2D eigenvalue weighted by atomic mass is 9.53. The largest absolute Gasteiger partial charge is 0.369 e. The number of rotatable bonds is 1. The van der Waals surface area contributed by atoms with Gasteiger partial charge in [0.25, 0.3) is 0 Å². The molecule has 1 saturated heterocycles. The summed E-state index contributed by atoms with van der Waals surface area (Å²) >= 11 is 0. The first-order valence-corrected chi connectivity index (χ1v) is 9.28. The van der Waals surface area contributed by atoms with E-state index in [9.17, 15) is 0 Å². The Balaban J connectivity index is 1.31. The Kier molecular flexibility index (Phi) is 3.25. The highest BCUT2D eigenvalue weighted by Crippen LogP contribution is 2.63. The maximum absolute atomic E-state index is 6.64. The molecule has 132 valence electrons. The molecule has 2 spiro atoms. The third-order valence-electron chi connectivity index (χ3n) is 6.84. The van der Waals surface area contributed by atoms with E-state index in [4.69, 9.17) is 26.0 Å². The maximum atomic E-state index is 6.64. The van der Waals surface area contributed by atoms with Gasteiger partial charge in [0.1, 0.15) is 0 Å². The summed E-state index contributed by atoms with van der Waals surface area (Å²) in [6.07, 6.45) is 9.42. The summed E-state index contributed by atoms with van der Waals surface area (Å²) in [6.45, 7) is 0. The van der Waals surface area contributed by atoms with Crippen LogP contribution < -0.4 is 11.5 Å². The highest BCUT2D eigenvalue weighted by Gasteiger charge is 2.66. The van der Waals surface area contributed by atoms with Gasteiger partial charge >= 0.3 is 0 Å². The molecule has 0 aromatic carbocycles. The van der Waals surface area contributed by atoms with Crippen LogP contribution in [0.2, 0.25) is 0 Å². The number of nitrogens with two attached hydrogens (primary N) is 2. The lowest BCUT2D eigenvalue weighted by Gasteiger charge is -2.57. The fourth-order valence-corrected chi connectivity index (χ4v) is 5.94. The predicted octanol–water partition coefficient (Wildman–Crippen LogP) is 2.02. The van der Waals surface area contributed by atoms with E-state index in [1.807, 2.05) is 0 Å². The van der Waals surface area contributed by atoms with E-state index in [0.717, 1.165) is 43.2 Å². The monoisotopic (exact) mass is 334 g/mol. The van der Waals surface area contributed by atoms with E-state index in [-0.39, 0.29) is 5.96 Å². The molecule has 0 atom stereocenters. The van der Waals surface area contributed by atoms with Crippen molar-refractivity contribution in [1.29, 1.82) is 0 Å². The van der Waals surface area contributed by atoms with Gasteiger partial charge in [0.05, 0.1) is 0 Å². The van der Waals surface area contributed by atoms with Gasteiger partial charge < -0.3 is 16.2 Å². The van der Waals surface area contributed by atoms with Crippen LogP contribution in [0.4, 0.5) is 0 Å². The molecule has 5 aliphatic carbocycles. The summed E-state index contributed by atoms with van der Waals surface area (Å²) in [4.78, 5) is 11.9. The lowest BCUT2D eigenvalue weighted by Crippen LogP contribution is -2.59. The van der Waals surface area contributed by atoms with Gasteiger partial charge in [0.2, 0.25) is 17.5 Å². The van der Waals surface area contributed by atoms with Gasteiger partial charge in [0.15, 0.2) is 0 Å². The minimum Gasteiger partial charge on any atom is -0.369 e. The zero-order valence-corrected chi connectivity index (χ0v) is 13.9. The molecule has 6 aliphatic rings. The first-order valence-electron chi connectivity index (χ1n) is 9.28. The van der Waals surface area contributed by atoms with E-state index in [2.05, 4.69) is 10.2 Å². The first-order chi connectivity index (χ1) is 11.6. The molecule has 7 nitrogen and oxygen atoms in total. The van der Waals surface area contributed by atoms with Crippen molar-refractivity contribution < 1.29 is 14.5 Å². The number of ether oxygens (including phenoxy) is 1. The highest BCUT2D eigenvalue weighted by molar-refractivity contribution is 5.86. The Hall–Kier alpha value is -1.18. The van der Waals surface area contributed by atoms with Crippen molar-refractivity contribution in [3.8, 4) is 0 Å². The van der Waals surface area contributed by atoms with Crippen LogP contribution in [-0.2, 0) is 14.5 Å². The topological polar surface area (TPSA) is 104 Å². The predicted molar refractivity (Wildman–Crippen MR) is 87.5 cm³/mol. The summed E-state index contributed by atoms with van der Waals surface area (Å²) in [5.74, 6) is 1.67. The average Bonchev–Trinajstić information content (AvgIpc) is 2.92. The minimum atomic E-state index is -0.605. The van der Waals surface area contributed by atoms with Gasteiger partial charge in [-0.3, -0.25) is 0 Å². The minimum absolute atomic E-state index is 0.00737. The molecule has 4 N–H and O–H groups in total. The van der Waals surface area contributed by atoms with Crippen molar-refractivity contribution in [2.75, 3.05) is 0 Å². The summed E-state index contributed by atoms with van der Waals surface area (Å²) in [5, 5.41) is 7.87. The van der Waals surface area contributed by atoms with Crippen molar-refractivity contribution in [2.24, 2.45) is 45.3 Å². The summed E-state index contributed by atoms with van der Waals surface area (Å²) in [7, 11) is 0. The SMILES string of the molecule is NC(N)=NN=C1CCC2(CC1)OOC1(O2)C2CC3CC(C2)CC1C3. The molecule has 0 amide bonds. The molecule has 6 rings (SSSR count). The molecule has 5 saturated carbocycles. The van der Waals surface area contributed by atoms with Crippen molar-refractivity contribution in [3.05, 3.63) is 0 Å². The zero-order valence-electron chi connectivity index (χ0n) is 13.9. The third-order valence-corrected chi connectivity index (χ3v) is 6.84. The Morgan fingerprint density at radius 3 is 2.12 bits per heavy atom. The average molecular weight is 334 g/mol. The van der Waals surface area contributed by atoms with Crippen LogP contribution in [0.5, 0.6) is 0 Å².